The van der Waals surface area contributed by atoms with Gasteiger partial charge in [0.25, 0.3) is 0 Å². The molecule has 0 radical (unpaired) electrons. The third-order valence-corrected chi connectivity index (χ3v) is 5.03. The zero-order chi connectivity index (χ0) is 16.9. The lowest BCUT2D eigenvalue weighted by Gasteiger charge is -2.55. The fourth-order valence-corrected chi connectivity index (χ4v) is 4.14. The van der Waals surface area contributed by atoms with E-state index < -0.39 is 17.6 Å². The zero-order valence-corrected chi connectivity index (χ0v) is 13.9. The number of para-hydroxylation sites is 2. The first-order valence-corrected chi connectivity index (χ1v) is 8.16. The molecule has 122 valence electrons. The van der Waals surface area contributed by atoms with Crippen molar-refractivity contribution in [2.75, 3.05) is 4.90 Å². The van der Waals surface area contributed by atoms with Gasteiger partial charge in [-0.3, -0.25) is 9.69 Å². The molecule has 1 fully saturated rings. The van der Waals surface area contributed by atoms with Crippen molar-refractivity contribution >= 4 is 28.9 Å². The van der Waals surface area contributed by atoms with E-state index in [1.165, 1.54) is 0 Å². The van der Waals surface area contributed by atoms with E-state index in [1.807, 2.05) is 66.4 Å². The summed E-state index contributed by atoms with van der Waals surface area (Å²) in [5.41, 5.74) is 6.51. The maximum atomic E-state index is 12.3. The molecule has 4 rings (SSSR count). The second-order valence-corrected chi connectivity index (χ2v) is 6.56. The minimum atomic E-state index is -0.992. The molecule has 24 heavy (non-hydrogen) atoms. The number of hydrogen-bond donors (Lipinski definition) is 2. The van der Waals surface area contributed by atoms with Gasteiger partial charge in [0.05, 0.1) is 6.04 Å². The molecule has 1 saturated heterocycles. The van der Waals surface area contributed by atoms with Crippen LogP contribution in [0.3, 0.4) is 0 Å². The molecule has 0 saturated carbocycles. The Bertz CT molecular complexity index is 826. The van der Waals surface area contributed by atoms with Gasteiger partial charge in [0.15, 0.2) is 10.8 Å². The number of primary amides is 1. The number of fused-ring (bicyclic) bond motifs is 4. The molecule has 2 aliphatic heterocycles. The summed E-state index contributed by atoms with van der Waals surface area (Å²) in [7, 11) is 0. The average Bonchev–Trinajstić information content (AvgIpc) is 2.54. The summed E-state index contributed by atoms with van der Waals surface area (Å²) in [5, 5.41) is 3.80. The third-order valence-electron chi connectivity index (χ3n) is 4.73. The van der Waals surface area contributed by atoms with Crippen LogP contribution in [0, 0.1) is 5.92 Å². The Morgan fingerprint density at radius 3 is 2.58 bits per heavy atom. The minimum Gasteiger partial charge on any atom is -0.467 e. The van der Waals surface area contributed by atoms with E-state index in [9.17, 15) is 4.79 Å². The molecule has 2 aromatic carbocycles. The standard InChI is InChI=1S/C18H17N3O2S/c1-18-14(16(19)22)15(12-9-5-6-10-13(12)23-18)20-17(24)21(18)11-7-3-2-4-8-11/h2-10,14-15H,1H3,(H2,19,22)(H,20,24). The fourth-order valence-electron chi connectivity index (χ4n) is 3.73. The maximum absolute atomic E-state index is 12.3. The lowest BCUT2D eigenvalue weighted by molar-refractivity contribution is -0.132. The molecule has 2 aliphatic rings. The van der Waals surface area contributed by atoms with Crippen molar-refractivity contribution in [1.82, 2.24) is 5.32 Å². The summed E-state index contributed by atoms with van der Waals surface area (Å²) < 4.78 is 6.30. The van der Waals surface area contributed by atoms with Gasteiger partial charge in [-0.05, 0) is 37.3 Å². The van der Waals surface area contributed by atoms with E-state index in [0.717, 1.165) is 17.0 Å². The summed E-state index contributed by atoms with van der Waals surface area (Å²) in [6.07, 6.45) is 0. The van der Waals surface area contributed by atoms with Crippen LogP contribution in [0.1, 0.15) is 18.5 Å². The third kappa shape index (κ3) is 1.99. The van der Waals surface area contributed by atoms with Gasteiger partial charge in [-0.15, -0.1) is 0 Å². The highest BCUT2D eigenvalue weighted by Crippen LogP contribution is 2.49. The number of nitrogens with two attached hydrogens (primary N) is 1. The van der Waals surface area contributed by atoms with Crippen molar-refractivity contribution in [2.24, 2.45) is 11.7 Å². The molecular formula is C18H17N3O2S. The molecule has 2 heterocycles. The number of thiocarbonyl (C=S) groups is 1. The van der Waals surface area contributed by atoms with Crippen LogP contribution in [0.5, 0.6) is 5.75 Å². The predicted molar refractivity (Wildman–Crippen MR) is 95.6 cm³/mol. The van der Waals surface area contributed by atoms with Crippen molar-refractivity contribution in [3.8, 4) is 5.75 Å². The van der Waals surface area contributed by atoms with Gasteiger partial charge in [-0.1, -0.05) is 36.4 Å². The molecule has 2 aromatic rings. The maximum Gasteiger partial charge on any atom is 0.229 e. The second kappa shape index (κ2) is 5.21. The Morgan fingerprint density at radius 2 is 1.88 bits per heavy atom. The Kier molecular flexibility index (Phi) is 3.25. The number of anilines is 1. The van der Waals surface area contributed by atoms with Gasteiger partial charge >= 0.3 is 0 Å². The van der Waals surface area contributed by atoms with Crippen LogP contribution >= 0.6 is 12.2 Å². The summed E-state index contributed by atoms with van der Waals surface area (Å²) in [6, 6.07) is 17.0. The number of hydrogen-bond acceptors (Lipinski definition) is 3. The number of amides is 1. The smallest absolute Gasteiger partial charge is 0.229 e. The summed E-state index contributed by atoms with van der Waals surface area (Å²) in [4.78, 5) is 14.1. The largest absolute Gasteiger partial charge is 0.467 e. The van der Waals surface area contributed by atoms with Crippen LogP contribution in [0.25, 0.3) is 0 Å². The highest BCUT2D eigenvalue weighted by atomic mass is 32.1. The molecule has 0 aromatic heterocycles. The van der Waals surface area contributed by atoms with Crippen molar-refractivity contribution in [3.05, 3.63) is 60.2 Å². The van der Waals surface area contributed by atoms with Crippen LogP contribution < -0.4 is 20.7 Å². The SMILES string of the molecule is CC12Oc3ccccc3C(NC(=S)N1c1ccccc1)C2C(N)=O. The van der Waals surface area contributed by atoms with E-state index in [0.29, 0.717) is 5.11 Å². The van der Waals surface area contributed by atoms with Gasteiger partial charge in [0.2, 0.25) is 5.91 Å². The van der Waals surface area contributed by atoms with Crippen molar-refractivity contribution in [3.63, 3.8) is 0 Å². The van der Waals surface area contributed by atoms with Crippen LogP contribution in [0.2, 0.25) is 0 Å². The molecule has 5 nitrogen and oxygen atoms in total. The van der Waals surface area contributed by atoms with Crippen LogP contribution in [-0.2, 0) is 4.79 Å². The van der Waals surface area contributed by atoms with E-state index in [-0.39, 0.29) is 6.04 Å². The van der Waals surface area contributed by atoms with E-state index in [1.54, 1.807) is 0 Å². The molecule has 3 atom stereocenters. The summed E-state index contributed by atoms with van der Waals surface area (Å²) >= 11 is 5.59. The number of nitrogens with one attached hydrogen (secondary N) is 1. The van der Waals surface area contributed by atoms with Crippen LogP contribution in [0.4, 0.5) is 5.69 Å². The number of carbonyl (C=O) groups is 1. The first-order chi connectivity index (χ1) is 11.5. The van der Waals surface area contributed by atoms with Crippen LogP contribution in [0.15, 0.2) is 54.6 Å². The number of nitrogens with zero attached hydrogens (tertiary/aromatic N) is 1. The first-order valence-electron chi connectivity index (χ1n) is 7.75. The van der Waals surface area contributed by atoms with Gasteiger partial charge in [0, 0.05) is 11.3 Å². The summed E-state index contributed by atoms with van der Waals surface area (Å²) in [5.74, 6) is -0.273. The molecule has 0 aliphatic carbocycles. The number of ether oxygens (including phenoxy) is 1. The van der Waals surface area contributed by atoms with Crippen molar-refractivity contribution < 1.29 is 9.53 Å². The molecule has 6 heteroatoms. The monoisotopic (exact) mass is 339 g/mol. The fraction of sp³-hybridized carbons (Fsp3) is 0.222. The number of rotatable bonds is 2. The minimum absolute atomic E-state index is 0.301. The highest BCUT2D eigenvalue weighted by Gasteiger charge is 2.58. The first kappa shape index (κ1) is 15.0. The topological polar surface area (TPSA) is 67.6 Å². The average molecular weight is 339 g/mol. The lowest BCUT2D eigenvalue weighted by atomic mass is 9.79. The van der Waals surface area contributed by atoms with E-state index in [4.69, 9.17) is 22.7 Å². The second-order valence-electron chi connectivity index (χ2n) is 6.17. The Labute approximate surface area is 145 Å². The van der Waals surface area contributed by atoms with E-state index in [2.05, 4.69) is 5.32 Å². The van der Waals surface area contributed by atoms with Crippen molar-refractivity contribution in [1.29, 1.82) is 0 Å². The Hall–Kier alpha value is -2.60. The molecular weight excluding hydrogens is 322 g/mol. The summed E-state index contributed by atoms with van der Waals surface area (Å²) in [6.45, 7) is 1.87. The van der Waals surface area contributed by atoms with E-state index >= 15 is 0 Å². The number of benzene rings is 2. The lowest BCUT2D eigenvalue weighted by Crippen LogP contribution is -2.72. The zero-order valence-electron chi connectivity index (χ0n) is 13.1. The predicted octanol–water partition coefficient (Wildman–Crippen LogP) is 2.33. The quantitative estimate of drug-likeness (QED) is 0.822. The molecule has 2 bridgehead atoms. The van der Waals surface area contributed by atoms with Crippen molar-refractivity contribution in [2.45, 2.75) is 18.7 Å². The Balaban J connectivity index is 1.92. The van der Waals surface area contributed by atoms with Crippen LogP contribution in [-0.4, -0.2) is 16.7 Å². The Morgan fingerprint density at radius 1 is 1.21 bits per heavy atom. The molecule has 1 amide bonds. The normalized spacial score (nSPS) is 27.7. The van der Waals surface area contributed by atoms with Gasteiger partial charge in [-0.25, -0.2) is 0 Å². The molecule has 0 spiro atoms. The number of carbonyl (C=O) groups excluding carboxylic acids is 1. The van der Waals surface area contributed by atoms with Gasteiger partial charge < -0.3 is 15.8 Å². The molecule has 3 unspecified atom stereocenters. The highest BCUT2D eigenvalue weighted by molar-refractivity contribution is 7.80. The van der Waals surface area contributed by atoms with Gasteiger partial charge in [0.1, 0.15) is 11.7 Å². The molecule has 3 N–H and O–H groups in total. The van der Waals surface area contributed by atoms with Gasteiger partial charge in [-0.2, -0.15) is 0 Å².